The van der Waals surface area contributed by atoms with Crippen molar-refractivity contribution in [2.75, 3.05) is 20.2 Å². The largest absolute Gasteiger partial charge is 0.465 e. The first-order chi connectivity index (χ1) is 10.0. The molecule has 1 aromatic rings. The number of nitrogens with one attached hydrogen (secondary N) is 1. The van der Waals surface area contributed by atoms with E-state index in [9.17, 15) is 0 Å². The quantitative estimate of drug-likeness (QED) is 0.838. The van der Waals surface area contributed by atoms with Crippen LogP contribution in [0, 0.1) is 6.92 Å². The van der Waals surface area contributed by atoms with Gasteiger partial charge in [-0.2, -0.15) is 0 Å². The molecule has 1 aliphatic rings. The molecule has 0 aromatic carbocycles. The van der Waals surface area contributed by atoms with Crippen LogP contribution in [0.25, 0.3) is 0 Å². The minimum atomic E-state index is 0.391. The summed E-state index contributed by atoms with van der Waals surface area (Å²) in [4.78, 5) is 2.30. The van der Waals surface area contributed by atoms with E-state index >= 15 is 0 Å². The molecule has 120 valence electrons. The highest BCUT2D eigenvalue weighted by atomic mass is 16.5. The van der Waals surface area contributed by atoms with Crippen LogP contribution in [0.1, 0.15) is 50.2 Å². The number of ether oxygens (including phenoxy) is 1. The zero-order chi connectivity index (χ0) is 15.2. The average molecular weight is 294 g/mol. The fraction of sp³-hybridized carbons (Fsp3) is 0.765. The smallest absolute Gasteiger partial charge is 0.118 e. The van der Waals surface area contributed by atoms with Gasteiger partial charge in [0.15, 0.2) is 0 Å². The van der Waals surface area contributed by atoms with Gasteiger partial charge < -0.3 is 14.5 Å². The third-order valence-electron chi connectivity index (χ3n) is 3.99. The first-order valence-electron chi connectivity index (χ1n) is 8.16. The van der Waals surface area contributed by atoms with E-state index in [1.807, 2.05) is 6.92 Å². The number of furan rings is 1. The van der Waals surface area contributed by atoms with Crippen molar-refractivity contribution in [3.63, 3.8) is 0 Å². The topological polar surface area (TPSA) is 37.6 Å². The van der Waals surface area contributed by atoms with Gasteiger partial charge in [-0.3, -0.25) is 4.90 Å². The van der Waals surface area contributed by atoms with Crippen LogP contribution < -0.4 is 5.32 Å². The Morgan fingerprint density at radius 3 is 2.86 bits per heavy atom. The van der Waals surface area contributed by atoms with Crippen LogP contribution in [-0.2, 0) is 17.8 Å². The molecule has 2 rings (SSSR count). The molecule has 1 atom stereocenters. The van der Waals surface area contributed by atoms with E-state index in [0.717, 1.165) is 37.8 Å². The predicted molar refractivity (Wildman–Crippen MR) is 85.3 cm³/mol. The lowest BCUT2D eigenvalue weighted by Crippen LogP contribution is -2.32. The maximum atomic E-state index is 5.88. The summed E-state index contributed by atoms with van der Waals surface area (Å²) in [7, 11) is 2.14. The average Bonchev–Trinajstić information content (AvgIpc) is 2.77. The Kier molecular flexibility index (Phi) is 6.27. The van der Waals surface area contributed by atoms with Gasteiger partial charge in [-0.15, -0.1) is 0 Å². The van der Waals surface area contributed by atoms with Crippen LogP contribution in [0.5, 0.6) is 0 Å². The van der Waals surface area contributed by atoms with E-state index < -0.39 is 0 Å². The lowest BCUT2D eigenvalue weighted by molar-refractivity contribution is -0.00340. The highest BCUT2D eigenvalue weighted by Crippen LogP contribution is 2.18. The highest BCUT2D eigenvalue weighted by molar-refractivity contribution is 5.20. The number of aryl methyl sites for hydroxylation is 1. The van der Waals surface area contributed by atoms with Gasteiger partial charge in [0.05, 0.1) is 12.6 Å². The maximum absolute atomic E-state index is 5.88. The maximum Gasteiger partial charge on any atom is 0.118 e. The van der Waals surface area contributed by atoms with E-state index in [2.05, 4.69) is 37.2 Å². The zero-order valence-corrected chi connectivity index (χ0v) is 13.9. The van der Waals surface area contributed by atoms with Crippen molar-refractivity contribution in [2.24, 2.45) is 0 Å². The monoisotopic (exact) mass is 294 g/mol. The van der Waals surface area contributed by atoms with Gasteiger partial charge in [-0.05, 0) is 39.3 Å². The fourth-order valence-electron chi connectivity index (χ4n) is 2.78. The first-order valence-corrected chi connectivity index (χ1v) is 8.16. The summed E-state index contributed by atoms with van der Waals surface area (Å²) in [5, 5.41) is 3.44. The van der Waals surface area contributed by atoms with Crippen LogP contribution in [0.4, 0.5) is 0 Å². The van der Waals surface area contributed by atoms with Crippen LogP contribution in [0.15, 0.2) is 10.5 Å². The lowest BCUT2D eigenvalue weighted by Gasteiger charge is -2.26. The molecule has 1 unspecified atom stereocenters. The van der Waals surface area contributed by atoms with E-state index in [0.29, 0.717) is 12.1 Å². The van der Waals surface area contributed by atoms with Gasteiger partial charge in [-0.1, -0.05) is 13.8 Å². The van der Waals surface area contributed by atoms with Gasteiger partial charge in [0.1, 0.15) is 11.5 Å². The molecule has 0 amide bonds. The van der Waals surface area contributed by atoms with E-state index in [1.54, 1.807) is 0 Å². The van der Waals surface area contributed by atoms with E-state index in [4.69, 9.17) is 9.15 Å². The Balaban J connectivity index is 1.82. The summed E-state index contributed by atoms with van der Waals surface area (Å²) >= 11 is 0. The minimum absolute atomic E-state index is 0.391. The molecule has 4 heteroatoms. The Morgan fingerprint density at radius 1 is 1.38 bits per heavy atom. The summed E-state index contributed by atoms with van der Waals surface area (Å²) in [5.74, 6) is 2.08. The SMILES string of the molecule is Cc1oc(CN(C)CC2CCCCO2)cc1CNC(C)C. The van der Waals surface area contributed by atoms with Crippen molar-refractivity contribution in [2.45, 2.75) is 65.3 Å². The van der Waals surface area contributed by atoms with Crippen LogP contribution in [-0.4, -0.2) is 37.2 Å². The molecular weight excluding hydrogens is 264 g/mol. The molecule has 0 bridgehead atoms. The number of hydrogen-bond donors (Lipinski definition) is 1. The van der Waals surface area contributed by atoms with Crippen molar-refractivity contribution < 1.29 is 9.15 Å². The summed E-state index contributed by atoms with van der Waals surface area (Å²) in [6.07, 6.45) is 4.08. The summed E-state index contributed by atoms with van der Waals surface area (Å²) in [5.41, 5.74) is 1.26. The molecule has 1 saturated heterocycles. The van der Waals surface area contributed by atoms with Crippen LogP contribution >= 0.6 is 0 Å². The first kappa shape index (κ1) is 16.5. The molecule has 0 saturated carbocycles. The van der Waals surface area contributed by atoms with Gasteiger partial charge in [-0.25, -0.2) is 0 Å². The standard InChI is InChI=1S/C17H30N2O2/c1-13(2)18-10-15-9-17(21-14(15)3)12-19(4)11-16-7-5-6-8-20-16/h9,13,16,18H,5-8,10-12H2,1-4H3. The Hall–Kier alpha value is -0.840. The van der Waals surface area contributed by atoms with Crippen molar-refractivity contribution >= 4 is 0 Å². The van der Waals surface area contributed by atoms with E-state index in [1.165, 1.54) is 24.8 Å². The molecule has 0 spiro atoms. The van der Waals surface area contributed by atoms with Gasteiger partial charge in [0.25, 0.3) is 0 Å². The predicted octanol–water partition coefficient (Wildman–Crippen LogP) is 3.09. The molecule has 1 aromatic heterocycles. The third kappa shape index (κ3) is 5.46. The Bertz CT molecular complexity index is 422. The number of nitrogens with zero attached hydrogens (tertiary/aromatic N) is 1. The molecule has 0 radical (unpaired) electrons. The molecule has 1 N–H and O–H groups in total. The van der Waals surface area contributed by atoms with Crippen molar-refractivity contribution in [3.05, 3.63) is 23.2 Å². The van der Waals surface area contributed by atoms with Gasteiger partial charge >= 0.3 is 0 Å². The molecular formula is C17H30N2O2. The second-order valence-electron chi connectivity index (χ2n) is 6.52. The van der Waals surface area contributed by atoms with Crippen LogP contribution in [0.2, 0.25) is 0 Å². The molecule has 1 fully saturated rings. The molecule has 2 heterocycles. The molecule has 21 heavy (non-hydrogen) atoms. The summed E-state index contributed by atoms with van der Waals surface area (Å²) < 4.78 is 11.7. The molecule has 0 aliphatic carbocycles. The van der Waals surface area contributed by atoms with Crippen molar-refractivity contribution in [1.82, 2.24) is 10.2 Å². The van der Waals surface area contributed by atoms with Crippen molar-refractivity contribution in [1.29, 1.82) is 0 Å². The number of hydrogen-bond acceptors (Lipinski definition) is 4. The minimum Gasteiger partial charge on any atom is -0.465 e. The molecule has 1 aliphatic heterocycles. The zero-order valence-electron chi connectivity index (χ0n) is 13.9. The Morgan fingerprint density at radius 2 is 2.19 bits per heavy atom. The molecule has 4 nitrogen and oxygen atoms in total. The fourth-order valence-corrected chi connectivity index (χ4v) is 2.78. The summed E-state index contributed by atoms with van der Waals surface area (Å²) in [6.45, 7) is 10.0. The Labute approximate surface area is 128 Å². The van der Waals surface area contributed by atoms with Gasteiger partial charge in [0.2, 0.25) is 0 Å². The third-order valence-corrected chi connectivity index (χ3v) is 3.99. The van der Waals surface area contributed by atoms with Crippen LogP contribution in [0.3, 0.4) is 0 Å². The normalized spacial score (nSPS) is 19.6. The number of likely N-dealkylation sites (N-methyl/N-ethyl adjacent to an activating group) is 1. The van der Waals surface area contributed by atoms with Gasteiger partial charge in [0, 0.05) is 31.3 Å². The second kappa shape index (κ2) is 7.97. The highest BCUT2D eigenvalue weighted by Gasteiger charge is 2.17. The second-order valence-corrected chi connectivity index (χ2v) is 6.52. The van der Waals surface area contributed by atoms with Crippen molar-refractivity contribution in [3.8, 4) is 0 Å². The van der Waals surface area contributed by atoms with E-state index in [-0.39, 0.29) is 0 Å². The lowest BCUT2D eigenvalue weighted by atomic mass is 10.1. The number of rotatable bonds is 7. The summed E-state index contributed by atoms with van der Waals surface area (Å²) in [6, 6.07) is 2.68.